The van der Waals surface area contributed by atoms with Crippen LogP contribution >= 0.6 is 0 Å². The molecule has 0 spiro atoms. The van der Waals surface area contributed by atoms with Crippen molar-refractivity contribution >= 4 is 11.8 Å². The van der Waals surface area contributed by atoms with Gasteiger partial charge in [0.15, 0.2) is 11.6 Å². The number of aromatic amines is 1. The molecule has 7 nitrogen and oxygen atoms in total. The van der Waals surface area contributed by atoms with Crippen LogP contribution in [0.15, 0.2) is 12.3 Å². The van der Waals surface area contributed by atoms with Crippen LogP contribution in [-0.4, -0.2) is 47.4 Å². The van der Waals surface area contributed by atoms with E-state index in [4.69, 9.17) is 5.26 Å². The molecule has 1 saturated heterocycles. The molecule has 1 aliphatic heterocycles. The minimum atomic E-state index is -0.447. The van der Waals surface area contributed by atoms with Crippen molar-refractivity contribution in [2.24, 2.45) is 0 Å². The van der Waals surface area contributed by atoms with Gasteiger partial charge in [-0.25, -0.2) is 9.37 Å². The second-order valence-electron chi connectivity index (χ2n) is 5.82. The monoisotopic (exact) mass is 315 g/mol. The topological polar surface area (TPSA) is 84.7 Å². The van der Waals surface area contributed by atoms with Crippen molar-refractivity contribution in [3.63, 3.8) is 0 Å². The van der Waals surface area contributed by atoms with Gasteiger partial charge in [0.2, 0.25) is 5.95 Å². The van der Waals surface area contributed by atoms with E-state index in [0.29, 0.717) is 24.9 Å². The zero-order chi connectivity index (χ0) is 16.4. The SMILES string of the molecule is CN(C)c1n[nH]c(C2CCN(c3ncc(C#N)cc3F)CC2)n1. The Morgan fingerprint density at radius 3 is 2.70 bits per heavy atom. The Hall–Kier alpha value is -2.69. The summed E-state index contributed by atoms with van der Waals surface area (Å²) in [6.07, 6.45) is 3.11. The molecule has 0 unspecified atom stereocenters. The molecule has 23 heavy (non-hydrogen) atoms. The fraction of sp³-hybridized carbons (Fsp3) is 0.467. The van der Waals surface area contributed by atoms with Crippen LogP contribution in [0.4, 0.5) is 16.2 Å². The first kappa shape index (κ1) is 15.2. The number of nitrogens with one attached hydrogen (secondary N) is 1. The summed E-state index contributed by atoms with van der Waals surface area (Å²) in [6.45, 7) is 1.39. The summed E-state index contributed by atoms with van der Waals surface area (Å²) in [5.74, 6) is 1.70. The number of nitrogens with zero attached hydrogens (tertiary/aromatic N) is 6. The molecule has 0 radical (unpaired) electrons. The van der Waals surface area contributed by atoms with Gasteiger partial charge in [-0.3, -0.25) is 5.10 Å². The number of nitriles is 1. The molecular formula is C15H18FN7. The van der Waals surface area contributed by atoms with Crippen LogP contribution in [0, 0.1) is 17.1 Å². The van der Waals surface area contributed by atoms with Gasteiger partial charge >= 0.3 is 0 Å². The number of aromatic nitrogens is 4. The summed E-state index contributed by atoms with van der Waals surface area (Å²) in [6, 6.07) is 3.12. The summed E-state index contributed by atoms with van der Waals surface area (Å²) in [5.41, 5.74) is 0.235. The second-order valence-corrected chi connectivity index (χ2v) is 5.82. The molecule has 120 valence electrons. The quantitative estimate of drug-likeness (QED) is 0.927. The summed E-state index contributed by atoms with van der Waals surface area (Å²) in [4.78, 5) is 12.3. The number of anilines is 2. The van der Waals surface area contributed by atoms with Crippen LogP contribution < -0.4 is 9.80 Å². The summed E-state index contributed by atoms with van der Waals surface area (Å²) in [7, 11) is 3.80. The van der Waals surface area contributed by atoms with Crippen molar-refractivity contribution in [2.75, 3.05) is 37.0 Å². The number of piperidine rings is 1. The predicted molar refractivity (Wildman–Crippen MR) is 83.8 cm³/mol. The van der Waals surface area contributed by atoms with Crippen molar-refractivity contribution < 1.29 is 4.39 Å². The van der Waals surface area contributed by atoms with E-state index in [2.05, 4.69) is 20.2 Å². The average Bonchev–Trinajstić information content (AvgIpc) is 3.05. The molecule has 1 fully saturated rings. The first-order valence-electron chi connectivity index (χ1n) is 7.48. The third-order valence-electron chi connectivity index (χ3n) is 4.02. The number of halogens is 1. The highest BCUT2D eigenvalue weighted by Crippen LogP contribution is 2.29. The van der Waals surface area contributed by atoms with Gasteiger partial charge < -0.3 is 9.80 Å². The largest absolute Gasteiger partial charge is 0.354 e. The number of rotatable bonds is 3. The van der Waals surface area contributed by atoms with Gasteiger partial charge in [-0.05, 0) is 18.9 Å². The van der Waals surface area contributed by atoms with Crippen LogP contribution in [0.5, 0.6) is 0 Å². The molecule has 2 aromatic heterocycles. The number of hydrogen-bond donors (Lipinski definition) is 1. The Labute approximate surface area is 133 Å². The molecule has 0 amide bonds. The normalized spacial score (nSPS) is 15.5. The Bertz CT molecular complexity index is 726. The zero-order valence-corrected chi connectivity index (χ0v) is 13.1. The highest BCUT2D eigenvalue weighted by atomic mass is 19.1. The van der Waals surface area contributed by atoms with Gasteiger partial charge in [-0.1, -0.05) is 0 Å². The maximum absolute atomic E-state index is 14.0. The number of H-pyrrole nitrogens is 1. The van der Waals surface area contributed by atoms with Gasteiger partial charge in [0.05, 0.1) is 5.56 Å². The first-order valence-corrected chi connectivity index (χ1v) is 7.48. The molecule has 1 N–H and O–H groups in total. The van der Waals surface area contributed by atoms with E-state index in [1.54, 1.807) is 0 Å². The van der Waals surface area contributed by atoms with Crippen LogP contribution in [0.25, 0.3) is 0 Å². The highest BCUT2D eigenvalue weighted by molar-refractivity contribution is 5.44. The molecule has 2 aromatic rings. The van der Waals surface area contributed by atoms with Crippen molar-refractivity contribution in [3.8, 4) is 6.07 Å². The summed E-state index contributed by atoms with van der Waals surface area (Å²) >= 11 is 0. The second kappa shape index (κ2) is 6.20. The number of hydrogen-bond acceptors (Lipinski definition) is 6. The van der Waals surface area contributed by atoms with E-state index in [9.17, 15) is 4.39 Å². The van der Waals surface area contributed by atoms with E-state index in [1.807, 2.05) is 30.0 Å². The molecule has 0 saturated carbocycles. The van der Waals surface area contributed by atoms with Crippen LogP contribution in [-0.2, 0) is 0 Å². The Morgan fingerprint density at radius 2 is 2.13 bits per heavy atom. The molecule has 0 aliphatic carbocycles. The fourth-order valence-electron chi connectivity index (χ4n) is 2.74. The molecule has 3 heterocycles. The first-order chi connectivity index (χ1) is 11.1. The lowest BCUT2D eigenvalue weighted by Gasteiger charge is -2.31. The molecule has 1 aliphatic rings. The lowest BCUT2D eigenvalue weighted by Crippen LogP contribution is -2.34. The lowest BCUT2D eigenvalue weighted by molar-refractivity contribution is 0.477. The predicted octanol–water partition coefficient (Wildman–Crippen LogP) is 1.66. The van der Waals surface area contributed by atoms with E-state index in [1.165, 1.54) is 12.3 Å². The van der Waals surface area contributed by atoms with E-state index in [0.717, 1.165) is 18.7 Å². The van der Waals surface area contributed by atoms with Gasteiger partial charge in [0.25, 0.3) is 0 Å². The minimum Gasteiger partial charge on any atom is -0.354 e. The molecule has 0 atom stereocenters. The third-order valence-corrected chi connectivity index (χ3v) is 4.02. The fourth-order valence-corrected chi connectivity index (χ4v) is 2.74. The molecule has 0 aromatic carbocycles. The van der Waals surface area contributed by atoms with E-state index in [-0.39, 0.29) is 11.5 Å². The highest BCUT2D eigenvalue weighted by Gasteiger charge is 2.25. The Kier molecular flexibility index (Phi) is 4.10. The Balaban J connectivity index is 1.67. The van der Waals surface area contributed by atoms with Crippen molar-refractivity contribution in [2.45, 2.75) is 18.8 Å². The van der Waals surface area contributed by atoms with Gasteiger partial charge in [-0.2, -0.15) is 10.2 Å². The average molecular weight is 315 g/mol. The Morgan fingerprint density at radius 1 is 1.39 bits per heavy atom. The van der Waals surface area contributed by atoms with Crippen molar-refractivity contribution in [3.05, 3.63) is 29.5 Å². The van der Waals surface area contributed by atoms with Gasteiger partial charge in [0, 0.05) is 39.3 Å². The van der Waals surface area contributed by atoms with Crippen molar-refractivity contribution in [1.82, 2.24) is 20.2 Å². The van der Waals surface area contributed by atoms with Crippen molar-refractivity contribution in [1.29, 1.82) is 5.26 Å². The standard InChI is InChI=1S/C15H18FN7/c1-22(2)15-19-13(20-21-15)11-3-5-23(6-4-11)14-12(16)7-10(8-17)9-18-14/h7,9,11H,3-6H2,1-2H3,(H,19,20,21). The minimum absolute atomic E-state index is 0.235. The summed E-state index contributed by atoms with van der Waals surface area (Å²) < 4.78 is 14.0. The van der Waals surface area contributed by atoms with Gasteiger partial charge in [-0.15, -0.1) is 5.10 Å². The summed E-state index contributed by atoms with van der Waals surface area (Å²) in [5, 5.41) is 15.9. The number of pyridine rings is 1. The molecule has 0 bridgehead atoms. The maximum Gasteiger partial charge on any atom is 0.244 e. The third kappa shape index (κ3) is 3.08. The zero-order valence-electron chi connectivity index (χ0n) is 13.1. The molecule has 3 rings (SSSR count). The van der Waals surface area contributed by atoms with Crippen LogP contribution in [0.2, 0.25) is 0 Å². The molecule has 8 heteroatoms. The van der Waals surface area contributed by atoms with Gasteiger partial charge in [0.1, 0.15) is 11.9 Å². The van der Waals surface area contributed by atoms with Crippen LogP contribution in [0.1, 0.15) is 30.1 Å². The van der Waals surface area contributed by atoms with Crippen LogP contribution in [0.3, 0.4) is 0 Å². The lowest BCUT2D eigenvalue weighted by atomic mass is 9.96. The molecular weight excluding hydrogens is 297 g/mol. The van der Waals surface area contributed by atoms with E-state index >= 15 is 0 Å². The smallest absolute Gasteiger partial charge is 0.244 e. The maximum atomic E-state index is 14.0. The van der Waals surface area contributed by atoms with E-state index < -0.39 is 5.82 Å².